The van der Waals surface area contributed by atoms with Crippen molar-refractivity contribution in [2.45, 2.75) is 13.5 Å². The van der Waals surface area contributed by atoms with Crippen LogP contribution in [-0.2, 0) is 6.54 Å². The monoisotopic (exact) mass is 305 g/mol. The van der Waals surface area contributed by atoms with Crippen LogP contribution in [0.25, 0.3) is 11.4 Å². The lowest BCUT2D eigenvalue weighted by atomic mass is 10.1. The van der Waals surface area contributed by atoms with Gasteiger partial charge in [0.05, 0.1) is 13.1 Å². The summed E-state index contributed by atoms with van der Waals surface area (Å²) < 4.78 is 6.18. The summed E-state index contributed by atoms with van der Waals surface area (Å²) in [6.07, 6.45) is 5.14. The molecule has 4 nitrogen and oxygen atoms in total. The van der Waals surface area contributed by atoms with Gasteiger partial charge in [0.1, 0.15) is 0 Å². The number of aryl methyl sites for hydroxylation is 1. The van der Waals surface area contributed by atoms with E-state index >= 15 is 0 Å². The molecule has 0 aliphatic rings. The molecule has 92 valence electrons. The van der Waals surface area contributed by atoms with Crippen molar-refractivity contribution in [1.29, 1.82) is 0 Å². The summed E-state index contributed by atoms with van der Waals surface area (Å²) in [4.78, 5) is 4.32. The summed E-state index contributed by atoms with van der Waals surface area (Å²) >= 11 is 3.42. The van der Waals surface area contributed by atoms with Crippen LogP contribution in [0.4, 0.5) is 0 Å². The molecule has 0 bridgehead atoms. The maximum Gasteiger partial charge on any atom is 0.240 e. The molecular weight excluding hydrogens is 294 g/mol. The Morgan fingerprint density at radius 1 is 1.50 bits per heavy atom. The van der Waals surface area contributed by atoms with Gasteiger partial charge in [0.15, 0.2) is 0 Å². The summed E-state index contributed by atoms with van der Waals surface area (Å²) in [5.74, 6) is 3.61. The van der Waals surface area contributed by atoms with Crippen LogP contribution in [0.15, 0.2) is 27.2 Å². The molecular formula is C13H12BrN3O. The van der Waals surface area contributed by atoms with E-state index in [4.69, 9.17) is 10.9 Å². The molecule has 0 aliphatic carbocycles. The van der Waals surface area contributed by atoms with Crippen LogP contribution >= 0.6 is 15.9 Å². The third-order valence-electron chi connectivity index (χ3n) is 2.40. The van der Waals surface area contributed by atoms with Crippen molar-refractivity contribution in [3.63, 3.8) is 0 Å². The van der Waals surface area contributed by atoms with Crippen molar-refractivity contribution in [1.82, 2.24) is 15.5 Å². The minimum absolute atomic E-state index is 0.479. The largest absolute Gasteiger partial charge is 0.338 e. The molecule has 1 aromatic carbocycles. The number of halogens is 1. The number of nitrogens with one attached hydrogen (secondary N) is 1. The van der Waals surface area contributed by atoms with Crippen LogP contribution in [0.2, 0.25) is 0 Å². The minimum atomic E-state index is 0.479. The molecule has 0 atom stereocenters. The molecule has 18 heavy (non-hydrogen) atoms. The van der Waals surface area contributed by atoms with Crippen molar-refractivity contribution in [3.05, 3.63) is 34.1 Å². The molecule has 0 aliphatic heterocycles. The molecule has 0 spiro atoms. The molecule has 5 heteroatoms. The van der Waals surface area contributed by atoms with Crippen LogP contribution in [0.1, 0.15) is 11.5 Å². The van der Waals surface area contributed by atoms with Crippen LogP contribution in [-0.4, -0.2) is 16.7 Å². The maximum atomic E-state index is 5.15. The van der Waals surface area contributed by atoms with E-state index in [1.807, 2.05) is 25.1 Å². The third-order valence-corrected chi connectivity index (χ3v) is 2.89. The van der Waals surface area contributed by atoms with Crippen LogP contribution in [0, 0.1) is 19.3 Å². The van der Waals surface area contributed by atoms with E-state index in [2.05, 4.69) is 37.3 Å². The zero-order valence-corrected chi connectivity index (χ0v) is 11.5. The summed E-state index contributed by atoms with van der Waals surface area (Å²) in [5, 5.41) is 6.96. The Balaban J connectivity index is 2.16. The summed E-state index contributed by atoms with van der Waals surface area (Å²) in [6.45, 7) is 2.97. The molecule has 1 aromatic heterocycles. The molecule has 1 N–H and O–H groups in total. The standard InChI is InChI=1S/C13H12BrN3O/c1-3-6-15-8-12-16-13(17-18-12)11-5-4-10(14)7-9(11)2/h1,4-5,7,15H,6,8H2,2H3. The van der Waals surface area contributed by atoms with Gasteiger partial charge in [-0.1, -0.05) is 27.0 Å². The normalized spacial score (nSPS) is 10.3. The summed E-state index contributed by atoms with van der Waals surface area (Å²) in [6, 6.07) is 5.93. The second kappa shape index (κ2) is 5.80. The SMILES string of the molecule is C#CCNCc1nc(-c2ccc(Br)cc2C)no1. The Labute approximate surface area is 114 Å². The van der Waals surface area contributed by atoms with Crippen molar-refractivity contribution in [3.8, 4) is 23.7 Å². The lowest BCUT2D eigenvalue weighted by Crippen LogP contribution is -2.13. The molecule has 0 saturated heterocycles. The molecule has 0 unspecified atom stereocenters. The van der Waals surface area contributed by atoms with Crippen LogP contribution in [0.3, 0.4) is 0 Å². The Kier molecular flexibility index (Phi) is 4.13. The summed E-state index contributed by atoms with van der Waals surface area (Å²) in [5.41, 5.74) is 2.05. The molecule has 0 amide bonds. The fourth-order valence-electron chi connectivity index (χ4n) is 1.56. The molecule has 0 saturated carbocycles. The number of nitrogens with zero attached hydrogens (tertiary/aromatic N) is 2. The molecule has 0 radical (unpaired) electrons. The highest BCUT2D eigenvalue weighted by Crippen LogP contribution is 2.23. The molecule has 1 heterocycles. The van der Waals surface area contributed by atoms with E-state index in [1.165, 1.54) is 0 Å². The first-order chi connectivity index (χ1) is 8.70. The minimum Gasteiger partial charge on any atom is -0.338 e. The van der Waals surface area contributed by atoms with Gasteiger partial charge in [-0.3, -0.25) is 5.32 Å². The van der Waals surface area contributed by atoms with Crippen LogP contribution in [0.5, 0.6) is 0 Å². The number of hydrogen-bond donors (Lipinski definition) is 1. The van der Waals surface area contributed by atoms with Gasteiger partial charge in [-0.25, -0.2) is 0 Å². The summed E-state index contributed by atoms with van der Waals surface area (Å²) in [7, 11) is 0. The van der Waals surface area contributed by atoms with Gasteiger partial charge >= 0.3 is 0 Å². The number of benzene rings is 1. The van der Waals surface area contributed by atoms with Crippen LogP contribution < -0.4 is 5.32 Å². The van der Waals surface area contributed by atoms with E-state index < -0.39 is 0 Å². The highest BCUT2D eigenvalue weighted by molar-refractivity contribution is 9.10. The zero-order chi connectivity index (χ0) is 13.0. The molecule has 2 aromatic rings. The van der Waals surface area contributed by atoms with Gasteiger partial charge in [-0.15, -0.1) is 6.42 Å². The van der Waals surface area contributed by atoms with Gasteiger partial charge in [0, 0.05) is 10.0 Å². The van der Waals surface area contributed by atoms with Gasteiger partial charge in [-0.05, 0) is 30.7 Å². The predicted molar refractivity (Wildman–Crippen MR) is 72.7 cm³/mol. The van der Waals surface area contributed by atoms with E-state index in [0.717, 1.165) is 15.6 Å². The maximum absolute atomic E-state index is 5.15. The molecule has 0 fully saturated rings. The Morgan fingerprint density at radius 2 is 2.33 bits per heavy atom. The second-order valence-corrected chi connectivity index (χ2v) is 4.69. The van der Waals surface area contributed by atoms with Crippen molar-refractivity contribution in [2.75, 3.05) is 6.54 Å². The first-order valence-corrected chi connectivity index (χ1v) is 6.23. The van der Waals surface area contributed by atoms with E-state index in [9.17, 15) is 0 Å². The first-order valence-electron chi connectivity index (χ1n) is 5.44. The van der Waals surface area contributed by atoms with E-state index in [-0.39, 0.29) is 0 Å². The van der Waals surface area contributed by atoms with Gasteiger partial charge in [-0.2, -0.15) is 4.98 Å². The average Bonchev–Trinajstić information content (AvgIpc) is 2.78. The fourth-order valence-corrected chi connectivity index (χ4v) is 2.03. The van der Waals surface area contributed by atoms with E-state index in [1.54, 1.807) is 0 Å². The number of hydrogen-bond acceptors (Lipinski definition) is 4. The number of aromatic nitrogens is 2. The second-order valence-electron chi connectivity index (χ2n) is 3.78. The van der Waals surface area contributed by atoms with Crippen molar-refractivity contribution < 1.29 is 4.52 Å². The van der Waals surface area contributed by atoms with Crippen molar-refractivity contribution >= 4 is 15.9 Å². The Morgan fingerprint density at radius 3 is 3.06 bits per heavy atom. The average molecular weight is 306 g/mol. The first kappa shape index (κ1) is 12.8. The third kappa shape index (κ3) is 2.97. The highest BCUT2D eigenvalue weighted by Gasteiger charge is 2.10. The quantitative estimate of drug-likeness (QED) is 0.696. The van der Waals surface area contributed by atoms with Gasteiger partial charge < -0.3 is 4.52 Å². The lowest BCUT2D eigenvalue weighted by Gasteiger charge is -2.00. The van der Waals surface area contributed by atoms with Gasteiger partial charge in [0.2, 0.25) is 11.7 Å². The highest BCUT2D eigenvalue weighted by atomic mass is 79.9. The number of rotatable bonds is 4. The fraction of sp³-hybridized carbons (Fsp3) is 0.231. The van der Waals surface area contributed by atoms with E-state index in [0.29, 0.717) is 24.8 Å². The zero-order valence-electron chi connectivity index (χ0n) is 9.90. The lowest BCUT2D eigenvalue weighted by molar-refractivity contribution is 0.370. The van der Waals surface area contributed by atoms with Gasteiger partial charge in [0.25, 0.3) is 0 Å². The molecule has 2 rings (SSSR count). The predicted octanol–water partition coefficient (Wildman–Crippen LogP) is 2.53. The topological polar surface area (TPSA) is 51.0 Å². The number of terminal acetylenes is 1. The van der Waals surface area contributed by atoms with Crippen molar-refractivity contribution in [2.24, 2.45) is 0 Å². The Hall–Kier alpha value is -1.64. The smallest absolute Gasteiger partial charge is 0.240 e. The Bertz CT molecular complexity index is 586.